The molecule has 3 aromatic heterocycles. The molecule has 0 N–H and O–H groups in total. The van der Waals surface area contributed by atoms with Gasteiger partial charge in [0.2, 0.25) is 16.0 Å². The average molecular weight is 613 g/mol. The lowest BCUT2D eigenvalue weighted by molar-refractivity contribution is -0.135. The van der Waals surface area contributed by atoms with Gasteiger partial charge >= 0.3 is 0 Å². The van der Waals surface area contributed by atoms with Crippen molar-refractivity contribution in [3.63, 3.8) is 0 Å². The minimum absolute atomic E-state index is 0.0173. The molecule has 1 aromatic carbocycles. The van der Waals surface area contributed by atoms with E-state index in [-0.39, 0.29) is 11.9 Å². The predicted molar refractivity (Wildman–Crippen MR) is 168 cm³/mol. The molecule has 1 amide bonds. The molecule has 0 aliphatic carbocycles. The fourth-order valence-corrected chi connectivity index (χ4v) is 8.19. The number of imidazole rings is 1. The third-order valence-corrected chi connectivity index (χ3v) is 10.8. The summed E-state index contributed by atoms with van der Waals surface area (Å²) in [5.74, 6) is 2.04. The van der Waals surface area contributed by atoms with E-state index in [1.165, 1.54) is 11.3 Å². The van der Waals surface area contributed by atoms with E-state index >= 15 is 0 Å². The van der Waals surface area contributed by atoms with Crippen LogP contribution in [-0.4, -0.2) is 94.2 Å². The van der Waals surface area contributed by atoms with Crippen molar-refractivity contribution >= 4 is 49.6 Å². The second kappa shape index (κ2) is 10.9. The minimum atomic E-state index is -0.0173. The number of benzene rings is 1. The van der Waals surface area contributed by atoms with E-state index in [0.717, 1.165) is 70.5 Å². The maximum atomic E-state index is 12.6. The van der Waals surface area contributed by atoms with E-state index < -0.39 is 0 Å². The fourth-order valence-electron chi connectivity index (χ4n) is 6.40. The van der Waals surface area contributed by atoms with E-state index in [1.807, 2.05) is 52.6 Å². The average Bonchev–Trinajstić information content (AvgIpc) is 3.77. The van der Waals surface area contributed by atoms with Gasteiger partial charge < -0.3 is 19.5 Å². The van der Waals surface area contributed by atoms with E-state index in [4.69, 9.17) is 21.6 Å². The number of anilines is 3. The predicted octanol–water partition coefficient (Wildman–Crippen LogP) is 3.92. The van der Waals surface area contributed by atoms with Crippen LogP contribution >= 0.6 is 22.7 Å². The summed E-state index contributed by atoms with van der Waals surface area (Å²) in [5, 5.41) is 16.6. The number of hydrogen-bond donors (Lipinski definition) is 0. The van der Waals surface area contributed by atoms with Gasteiger partial charge in [-0.05, 0) is 25.2 Å². The summed E-state index contributed by atoms with van der Waals surface area (Å²) in [7, 11) is 1.97. The number of likely N-dealkylation sites (tertiary alicyclic amines) is 2. The number of carbonyl (C=O) groups excluding carboxylic acids is 1. The van der Waals surface area contributed by atoms with Crippen LogP contribution in [0.1, 0.15) is 23.1 Å². The van der Waals surface area contributed by atoms with Crippen LogP contribution in [0.15, 0.2) is 24.3 Å². The van der Waals surface area contributed by atoms with Gasteiger partial charge in [-0.15, -0.1) is 5.10 Å². The lowest BCUT2D eigenvalue weighted by Gasteiger charge is -2.33. The molecule has 43 heavy (non-hydrogen) atoms. The normalized spacial score (nSPS) is 20.3. The zero-order valence-electron chi connectivity index (χ0n) is 24.4. The molecule has 2 unspecified atom stereocenters. The van der Waals surface area contributed by atoms with Gasteiger partial charge in [0, 0.05) is 38.8 Å². The lowest BCUT2D eigenvalue weighted by atomic mass is 10.0. The number of carbonyl (C=O) groups is 1. The van der Waals surface area contributed by atoms with Crippen LogP contribution in [-0.2, 0) is 11.2 Å². The molecule has 3 saturated heterocycles. The largest absolute Gasteiger partial charge is 0.346 e. The molecule has 7 rings (SSSR count). The zero-order chi connectivity index (χ0) is 29.8. The Bertz CT molecular complexity index is 1760. The SMILES string of the molecule is [C-]#[N+]C1CN(C(=O)CN2CC3CN(c4nn5c(N(C)c6nc(-c7ccc(C)cc7)c(C#N)s6)c(CC)nc5s4)CC3C2)C1. The topological polar surface area (TPSA) is 101 Å². The highest BCUT2D eigenvalue weighted by molar-refractivity contribution is 7.20. The zero-order valence-corrected chi connectivity index (χ0v) is 26.0. The van der Waals surface area contributed by atoms with Crippen LogP contribution in [0.5, 0.6) is 0 Å². The van der Waals surface area contributed by atoms with Crippen molar-refractivity contribution in [1.82, 2.24) is 29.4 Å². The van der Waals surface area contributed by atoms with Crippen LogP contribution in [0.4, 0.5) is 16.1 Å². The first-order valence-corrected chi connectivity index (χ1v) is 16.2. The molecule has 0 saturated carbocycles. The summed E-state index contributed by atoms with van der Waals surface area (Å²) >= 11 is 2.99. The number of rotatable bonds is 7. The van der Waals surface area contributed by atoms with Crippen molar-refractivity contribution in [2.75, 3.05) is 62.7 Å². The highest BCUT2D eigenvalue weighted by Gasteiger charge is 2.43. The van der Waals surface area contributed by atoms with Gasteiger partial charge in [0.25, 0.3) is 6.04 Å². The molecule has 11 nitrogen and oxygen atoms in total. The first-order valence-electron chi connectivity index (χ1n) is 14.6. The van der Waals surface area contributed by atoms with Crippen LogP contribution in [0.3, 0.4) is 0 Å². The highest BCUT2D eigenvalue weighted by Crippen LogP contribution is 2.40. The van der Waals surface area contributed by atoms with E-state index in [9.17, 15) is 10.1 Å². The maximum Gasteiger partial charge on any atom is 0.258 e. The van der Waals surface area contributed by atoms with Crippen molar-refractivity contribution in [2.45, 2.75) is 26.3 Å². The number of fused-ring (bicyclic) bond motifs is 2. The van der Waals surface area contributed by atoms with Gasteiger partial charge in [0.15, 0.2) is 10.9 Å². The molecule has 3 aliphatic rings. The van der Waals surface area contributed by atoms with Crippen molar-refractivity contribution in [3.05, 3.63) is 51.8 Å². The number of aromatic nitrogens is 4. The smallest absolute Gasteiger partial charge is 0.258 e. The van der Waals surface area contributed by atoms with Crippen LogP contribution < -0.4 is 9.80 Å². The molecule has 3 fully saturated rings. The van der Waals surface area contributed by atoms with Gasteiger partial charge in [0.1, 0.15) is 16.6 Å². The second-order valence-corrected chi connectivity index (χ2v) is 13.6. The number of nitriles is 1. The number of hydrogen-bond acceptors (Lipinski definition) is 10. The van der Waals surface area contributed by atoms with E-state index in [2.05, 4.69) is 27.6 Å². The third kappa shape index (κ3) is 4.91. The number of amides is 1. The summed E-state index contributed by atoms with van der Waals surface area (Å²) in [5.41, 5.74) is 3.74. The molecular weight excluding hydrogens is 581 g/mol. The summed E-state index contributed by atoms with van der Waals surface area (Å²) in [6.45, 7) is 16.5. The molecule has 0 spiro atoms. The maximum absolute atomic E-state index is 12.6. The van der Waals surface area contributed by atoms with Crippen molar-refractivity contribution in [3.8, 4) is 17.3 Å². The third-order valence-electron chi connectivity index (χ3n) is 8.81. The summed E-state index contributed by atoms with van der Waals surface area (Å²) in [4.78, 5) is 35.9. The molecule has 6 heterocycles. The molecule has 2 atom stereocenters. The first-order chi connectivity index (χ1) is 20.8. The summed E-state index contributed by atoms with van der Waals surface area (Å²) in [6, 6.07) is 10.4. The summed E-state index contributed by atoms with van der Waals surface area (Å²) < 4.78 is 1.93. The van der Waals surface area contributed by atoms with Crippen LogP contribution in [0.2, 0.25) is 0 Å². The van der Waals surface area contributed by atoms with Gasteiger partial charge in [-0.2, -0.15) is 9.78 Å². The van der Waals surface area contributed by atoms with Crippen molar-refractivity contribution in [1.29, 1.82) is 5.26 Å². The quantitative estimate of drug-likeness (QED) is 0.290. The highest BCUT2D eigenvalue weighted by atomic mass is 32.1. The Morgan fingerprint density at radius 2 is 1.84 bits per heavy atom. The van der Waals surface area contributed by atoms with Crippen molar-refractivity contribution in [2.24, 2.45) is 11.8 Å². The Kier molecular flexibility index (Phi) is 7.04. The van der Waals surface area contributed by atoms with Gasteiger partial charge in [-0.3, -0.25) is 9.69 Å². The van der Waals surface area contributed by atoms with Crippen LogP contribution in [0.25, 0.3) is 21.1 Å². The molecule has 4 aromatic rings. The minimum Gasteiger partial charge on any atom is -0.346 e. The van der Waals surface area contributed by atoms with Crippen molar-refractivity contribution < 1.29 is 4.79 Å². The molecule has 0 radical (unpaired) electrons. The lowest BCUT2D eigenvalue weighted by Crippen LogP contribution is -2.54. The molecule has 13 heteroatoms. The number of thiazole rings is 1. The van der Waals surface area contributed by atoms with Gasteiger partial charge in [-0.1, -0.05) is 59.4 Å². The Morgan fingerprint density at radius 3 is 2.49 bits per heavy atom. The summed E-state index contributed by atoms with van der Waals surface area (Å²) in [6.07, 6.45) is 0.755. The monoisotopic (exact) mass is 612 g/mol. The van der Waals surface area contributed by atoms with E-state index in [1.54, 1.807) is 11.3 Å². The Labute approximate surface area is 258 Å². The Hall–Kier alpha value is -4.04. The molecule has 220 valence electrons. The molecule has 0 bridgehead atoms. The first kappa shape index (κ1) is 27.8. The fraction of sp³-hybridized carbons (Fsp3) is 0.467. The Balaban J connectivity index is 1.07. The standard InChI is InChI=1S/C30H32N10OS2/c1-5-23-27(36(4)28-34-26(24(10-31)42-28)19-8-6-18(2)7-9-19)40-29(33-23)43-30(35-40)39-13-20-11-37(12-21(20)14-39)17-25(41)38-15-22(16-38)32-3/h6-9,20-22H,5,11-17H2,1-2,4H3. The van der Waals surface area contributed by atoms with Gasteiger partial charge in [-0.25, -0.2) is 16.5 Å². The number of nitrogens with zero attached hydrogens (tertiary/aromatic N) is 10. The number of aryl methyl sites for hydroxylation is 2. The van der Waals surface area contributed by atoms with Gasteiger partial charge in [0.05, 0.1) is 25.3 Å². The van der Waals surface area contributed by atoms with E-state index in [0.29, 0.717) is 42.0 Å². The van der Waals surface area contributed by atoms with Crippen LogP contribution in [0, 0.1) is 36.7 Å². The molecule has 3 aliphatic heterocycles. The second-order valence-electron chi connectivity index (χ2n) is 11.7. The molecular formula is C30H32N10OS2. The Morgan fingerprint density at radius 1 is 1.12 bits per heavy atom.